The van der Waals surface area contributed by atoms with E-state index < -0.39 is 21.7 Å². The molecule has 0 saturated carbocycles. The van der Waals surface area contributed by atoms with Crippen molar-refractivity contribution in [2.45, 2.75) is 122 Å². The number of allylic oxidation sites excluding steroid dienone is 4. The fourth-order valence-corrected chi connectivity index (χ4v) is 2.21. The molecule has 0 saturated heterocycles. The Morgan fingerprint density at radius 2 is 0.571 bits per heavy atom. The van der Waals surface area contributed by atoms with Gasteiger partial charge < -0.3 is 0 Å². The Labute approximate surface area is 228 Å². The second kappa shape index (κ2) is 16.5. The average Bonchev–Trinajstić information content (AvgIpc) is 2.58. The maximum Gasteiger partial charge on any atom is 0.145 e. The third kappa shape index (κ3) is 20.7. The van der Waals surface area contributed by atoms with Crippen LogP contribution in [0.25, 0.3) is 0 Å². The monoisotopic (exact) mass is 578 g/mol. The van der Waals surface area contributed by atoms with Crippen molar-refractivity contribution in [2.75, 3.05) is 0 Å². The van der Waals surface area contributed by atoms with Gasteiger partial charge in [0.15, 0.2) is 0 Å². The maximum absolute atomic E-state index is 11.5. The van der Waals surface area contributed by atoms with Crippen molar-refractivity contribution in [1.29, 1.82) is 0 Å². The fourth-order valence-electron chi connectivity index (χ4n) is 2.21. The molecular formula is C30H52O4Ru. The van der Waals surface area contributed by atoms with E-state index in [-0.39, 0.29) is 55.5 Å². The summed E-state index contributed by atoms with van der Waals surface area (Å²) < 4.78 is 0. The van der Waals surface area contributed by atoms with Gasteiger partial charge in [-0.2, -0.15) is 0 Å². The summed E-state index contributed by atoms with van der Waals surface area (Å²) in [6.07, 6.45) is 14.1. The van der Waals surface area contributed by atoms with Crippen LogP contribution in [-0.2, 0) is 38.7 Å². The second-order valence-corrected chi connectivity index (χ2v) is 13.1. The van der Waals surface area contributed by atoms with Crippen molar-refractivity contribution < 1.29 is 38.7 Å². The van der Waals surface area contributed by atoms with Crippen LogP contribution in [0.2, 0.25) is 0 Å². The molecule has 0 spiro atoms. The Balaban J connectivity index is -0.000000444. The smallest absolute Gasteiger partial charge is 0.145 e. The third-order valence-electron chi connectivity index (χ3n) is 5.32. The summed E-state index contributed by atoms with van der Waals surface area (Å²) in [7, 11) is 0. The Kier molecular flexibility index (Phi) is 18.1. The van der Waals surface area contributed by atoms with E-state index >= 15 is 0 Å². The van der Waals surface area contributed by atoms with Gasteiger partial charge in [-0.15, -0.1) is 0 Å². The molecule has 1 aliphatic carbocycles. The van der Waals surface area contributed by atoms with Crippen LogP contribution < -0.4 is 0 Å². The molecule has 204 valence electrons. The van der Waals surface area contributed by atoms with Gasteiger partial charge in [-0.3, -0.25) is 19.2 Å². The number of rotatable bonds is 4. The summed E-state index contributed by atoms with van der Waals surface area (Å²) >= 11 is 0. The van der Waals surface area contributed by atoms with Crippen molar-refractivity contribution in [3.05, 3.63) is 24.3 Å². The zero-order valence-corrected chi connectivity index (χ0v) is 26.3. The average molecular weight is 578 g/mol. The van der Waals surface area contributed by atoms with Crippen LogP contribution >= 0.6 is 0 Å². The van der Waals surface area contributed by atoms with E-state index in [0.717, 1.165) is 0 Å². The number of carbonyl (C=O) groups is 4. The fraction of sp³-hybridized carbons (Fsp3) is 0.733. The van der Waals surface area contributed by atoms with Crippen LogP contribution in [0.1, 0.15) is 122 Å². The molecule has 0 fully saturated rings. The zero-order valence-electron chi connectivity index (χ0n) is 24.5. The summed E-state index contributed by atoms with van der Waals surface area (Å²) in [4.78, 5) is 46.0. The van der Waals surface area contributed by atoms with E-state index in [1.165, 1.54) is 25.7 Å². The molecule has 35 heavy (non-hydrogen) atoms. The van der Waals surface area contributed by atoms with Gasteiger partial charge in [-0.25, -0.2) is 0 Å². The first-order valence-electron chi connectivity index (χ1n) is 12.5. The summed E-state index contributed by atoms with van der Waals surface area (Å²) in [5.41, 5.74) is -1.61. The van der Waals surface area contributed by atoms with E-state index in [2.05, 4.69) is 24.3 Å². The Morgan fingerprint density at radius 1 is 0.429 bits per heavy atom. The van der Waals surface area contributed by atoms with Gasteiger partial charge in [0.25, 0.3) is 0 Å². The Morgan fingerprint density at radius 3 is 0.686 bits per heavy atom. The number of hydrogen-bond donors (Lipinski definition) is 0. The quantitative estimate of drug-likeness (QED) is 0.194. The predicted molar refractivity (Wildman–Crippen MR) is 144 cm³/mol. The van der Waals surface area contributed by atoms with Gasteiger partial charge >= 0.3 is 0 Å². The molecule has 0 N–H and O–H groups in total. The predicted octanol–water partition coefficient (Wildman–Crippen LogP) is 7.88. The molecule has 0 bridgehead atoms. The molecule has 0 aromatic rings. The summed E-state index contributed by atoms with van der Waals surface area (Å²) in [6, 6.07) is 0. The summed E-state index contributed by atoms with van der Waals surface area (Å²) in [6.45, 7) is 22.1. The molecule has 0 aromatic heterocycles. The molecule has 1 rings (SSSR count). The molecule has 0 unspecified atom stereocenters. The van der Waals surface area contributed by atoms with Gasteiger partial charge in [0.1, 0.15) is 23.1 Å². The second-order valence-electron chi connectivity index (χ2n) is 13.1. The topological polar surface area (TPSA) is 68.3 Å². The van der Waals surface area contributed by atoms with E-state index in [1.807, 2.05) is 83.1 Å². The van der Waals surface area contributed by atoms with Gasteiger partial charge in [0.05, 0.1) is 12.8 Å². The number of Topliss-reactive ketones (excluding diaryl/α,β-unsaturated/α-hetero) is 4. The van der Waals surface area contributed by atoms with Gasteiger partial charge in [-0.1, -0.05) is 107 Å². The molecule has 5 heteroatoms. The minimum absolute atomic E-state index is 0. The molecule has 0 atom stereocenters. The van der Waals surface area contributed by atoms with Gasteiger partial charge in [0, 0.05) is 41.1 Å². The van der Waals surface area contributed by atoms with Crippen LogP contribution in [0.4, 0.5) is 0 Å². The number of hydrogen-bond acceptors (Lipinski definition) is 4. The normalized spacial score (nSPS) is 14.1. The van der Waals surface area contributed by atoms with E-state index in [1.54, 1.807) is 0 Å². The standard InChI is InChI=1S/2C11H20O2.C8H12.Ru/c2*1-10(2,3)8(12)7-9(13)11(4,5)6;1-2-4-6-8-7-5-3-1;/h2*7H2,1-6H3;1-2,7-8H,3-6H2;. The van der Waals surface area contributed by atoms with Crippen molar-refractivity contribution in [3.63, 3.8) is 0 Å². The van der Waals surface area contributed by atoms with Gasteiger partial charge in [-0.05, 0) is 25.7 Å². The van der Waals surface area contributed by atoms with Crippen molar-refractivity contribution >= 4 is 23.1 Å². The minimum atomic E-state index is -0.402. The first-order valence-corrected chi connectivity index (χ1v) is 12.5. The Bertz CT molecular complexity index is 606. The van der Waals surface area contributed by atoms with Crippen LogP contribution in [0.3, 0.4) is 0 Å². The molecule has 0 heterocycles. The zero-order chi connectivity index (χ0) is 27.4. The molecular weight excluding hydrogens is 525 g/mol. The van der Waals surface area contributed by atoms with E-state index in [4.69, 9.17) is 0 Å². The van der Waals surface area contributed by atoms with Crippen molar-refractivity contribution in [3.8, 4) is 0 Å². The number of ketones is 4. The van der Waals surface area contributed by atoms with Crippen LogP contribution in [0.15, 0.2) is 24.3 Å². The largest absolute Gasteiger partial charge is 0.299 e. The molecule has 4 nitrogen and oxygen atoms in total. The summed E-state index contributed by atoms with van der Waals surface area (Å²) in [5.74, 6) is 0.0831. The van der Waals surface area contributed by atoms with Crippen LogP contribution in [-0.4, -0.2) is 23.1 Å². The van der Waals surface area contributed by atoms with Crippen molar-refractivity contribution in [1.82, 2.24) is 0 Å². The molecule has 1 aliphatic rings. The van der Waals surface area contributed by atoms with Crippen LogP contribution in [0.5, 0.6) is 0 Å². The minimum Gasteiger partial charge on any atom is -0.299 e. The Hall–Kier alpha value is -1.22. The first kappa shape index (κ1) is 38.3. The molecule has 0 radical (unpaired) electrons. The van der Waals surface area contributed by atoms with E-state index in [0.29, 0.717) is 0 Å². The molecule has 0 amide bonds. The van der Waals surface area contributed by atoms with Crippen molar-refractivity contribution in [2.24, 2.45) is 21.7 Å². The first-order chi connectivity index (χ1) is 15.1. The SMILES string of the molecule is C1=CCCC=CCC1.CC(C)(C)C(=O)CC(=O)C(C)(C)C.CC(C)(C)C(=O)CC(=O)C(C)(C)C.[Ru]. The maximum atomic E-state index is 11.5. The number of carbonyl (C=O) groups excluding carboxylic acids is 4. The molecule has 0 aliphatic heterocycles. The van der Waals surface area contributed by atoms with Crippen LogP contribution in [0, 0.1) is 21.7 Å². The van der Waals surface area contributed by atoms with E-state index in [9.17, 15) is 19.2 Å². The molecule has 0 aromatic carbocycles. The third-order valence-corrected chi connectivity index (χ3v) is 5.32. The summed E-state index contributed by atoms with van der Waals surface area (Å²) in [5, 5.41) is 0. The van der Waals surface area contributed by atoms with Gasteiger partial charge in [0.2, 0.25) is 0 Å².